The van der Waals surface area contributed by atoms with Gasteiger partial charge in [0.2, 0.25) is 0 Å². The largest absolute Gasteiger partial charge is 0.472 e. The van der Waals surface area contributed by atoms with Gasteiger partial charge in [0.25, 0.3) is 0 Å². The molecule has 1 fully saturated rings. The lowest BCUT2D eigenvalue weighted by molar-refractivity contribution is 0.0840. The van der Waals surface area contributed by atoms with Gasteiger partial charge in [-0.15, -0.1) is 0 Å². The molecule has 0 aliphatic carbocycles. The van der Waals surface area contributed by atoms with E-state index >= 15 is 0 Å². The summed E-state index contributed by atoms with van der Waals surface area (Å²) in [7, 11) is 0. The Labute approximate surface area is 123 Å². The minimum absolute atomic E-state index is 0.178. The van der Waals surface area contributed by atoms with Crippen LogP contribution in [-0.2, 0) is 6.42 Å². The van der Waals surface area contributed by atoms with Gasteiger partial charge in [-0.2, -0.15) is 0 Å². The van der Waals surface area contributed by atoms with Crippen LogP contribution in [0.3, 0.4) is 0 Å². The van der Waals surface area contributed by atoms with Crippen molar-refractivity contribution in [1.82, 2.24) is 10.2 Å². The molecule has 1 N–H and O–H groups in total. The monoisotopic (exact) mass is 278 g/mol. The van der Waals surface area contributed by atoms with Crippen molar-refractivity contribution in [2.75, 3.05) is 19.6 Å². The molecule has 1 saturated heterocycles. The molecular formula is C17H30N2O. The maximum absolute atomic E-state index is 5.23. The van der Waals surface area contributed by atoms with Crippen LogP contribution in [0.4, 0.5) is 0 Å². The van der Waals surface area contributed by atoms with E-state index in [4.69, 9.17) is 4.42 Å². The Kier molecular flexibility index (Phi) is 5.67. The topological polar surface area (TPSA) is 28.4 Å². The van der Waals surface area contributed by atoms with Crippen LogP contribution >= 0.6 is 0 Å². The fourth-order valence-electron chi connectivity index (χ4n) is 3.33. The van der Waals surface area contributed by atoms with Gasteiger partial charge in [-0.05, 0) is 64.4 Å². The van der Waals surface area contributed by atoms with E-state index in [-0.39, 0.29) is 5.54 Å². The van der Waals surface area contributed by atoms with E-state index in [2.05, 4.69) is 37.1 Å². The van der Waals surface area contributed by atoms with E-state index in [1.54, 1.807) is 6.26 Å². The quantitative estimate of drug-likeness (QED) is 0.864. The van der Waals surface area contributed by atoms with Gasteiger partial charge in [-0.25, -0.2) is 0 Å². The van der Waals surface area contributed by atoms with Gasteiger partial charge in [0.05, 0.1) is 12.5 Å². The van der Waals surface area contributed by atoms with Gasteiger partial charge < -0.3 is 9.73 Å². The Hall–Kier alpha value is -0.800. The molecule has 2 rings (SSSR count). The number of likely N-dealkylation sites (N-methyl/N-ethyl adjacent to an activating group) is 1. The van der Waals surface area contributed by atoms with E-state index in [0.717, 1.165) is 13.0 Å². The minimum atomic E-state index is 0.178. The highest BCUT2D eigenvalue weighted by molar-refractivity contribution is 5.10. The summed E-state index contributed by atoms with van der Waals surface area (Å²) in [6.45, 7) is 10.5. The predicted octanol–water partition coefficient (Wildman–Crippen LogP) is 3.45. The summed E-state index contributed by atoms with van der Waals surface area (Å²) in [6.07, 6.45) is 10.1. The number of nitrogens with one attached hydrogen (secondary N) is 1. The molecule has 1 aliphatic rings. The highest BCUT2D eigenvalue weighted by Crippen LogP contribution is 2.25. The Morgan fingerprint density at radius 2 is 1.95 bits per heavy atom. The molecule has 1 aromatic heterocycles. The number of nitrogens with zero attached hydrogens (tertiary/aromatic N) is 1. The summed E-state index contributed by atoms with van der Waals surface area (Å²) in [6, 6.07) is 2.55. The molecule has 3 heteroatoms. The summed E-state index contributed by atoms with van der Waals surface area (Å²) in [4.78, 5) is 2.69. The zero-order valence-corrected chi connectivity index (χ0v) is 13.3. The van der Waals surface area contributed by atoms with Crippen molar-refractivity contribution in [3.05, 3.63) is 24.2 Å². The van der Waals surface area contributed by atoms with Crippen LogP contribution in [0.1, 0.15) is 52.0 Å². The maximum Gasteiger partial charge on any atom is 0.0935 e. The molecule has 3 nitrogen and oxygen atoms in total. The van der Waals surface area contributed by atoms with Crippen LogP contribution in [0.15, 0.2) is 23.0 Å². The standard InChI is InChI=1S/C17H30N2O/c1-4-18-16(13-15-9-12-20-14-15)17(2,3)19-10-7-5-6-8-11-19/h9,12,14,16,18H,4-8,10-11,13H2,1-3H3. The second-order valence-electron chi connectivity index (χ2n) is 6.50. The summed E-state index contributed by atoms with van der Waals surface area (Å²) in [5.41, 5.74) is 1.47. The number of hydrogen-bond acceptors (Lipinski definition) is 3. The Bertz CT molecular complexity index is 364. The first-order valence-electron chi connectivity index (χ1n) is 8.14. The van der Waals surface area contributed by atoms with E-state index in [1.807, 2.05) is 6.26 Å². The molecule has 1 aliphatic heterocycles. The summed E-state index contributed by atoms with van der Waals surface area (Å²) < 4.78 is 5.23. The van der Waals surface area contributed by atoms with Gasteiger partial charge in [0.1, 0.15) is 0 Å². The lowest BCUT2D eigenvalue weighted by Crippen LogP contribution is -2.58. The minimum Gasteiger partial charge on any atom is -0.472 e. The second-order valence-corrected chi connectivity index (χ2v) is 6.50. The lowest BCUT2D eigenvalue weighted by atomic mass is 9.87. The fraction of sp³-hybridized carbons (Fsp3) is 0.765. The molecule has 1 unspecified atom stereocenters. The highest BCUT2D eigenvalue weighted by Gasteiger charge is 2.35. The van der Waals surface area contributed by atoms with Gasteiger partial charge in [-0.1, -0.05) is 19.8 Å². The van der Waals surface area contributed by atoms with Gasteiger partial charge in [0, 0.05) is 11.6 Å². The van der Waals surface area contributed by atoms with Crippen LogP contribution in [0.25, 0.3) is 0 Å². The fourth-order valence-corrected chi connectivity index (χ4v) is 3.33. The molecule has 0 aromatic carbocycles. The Balaban J connectivity index is 2.08. The van der Waals surface area contributed by atoms with Crippen LogP contribution < -0.4 is 5.32 Å². The SMILES string of the molecule is CCNC(Cc1ccoc1)C(C)(C)N1CCCCCC1. The summed E-state index contributed by atoms with van der Waals surface area (Å²) >= 11 is 0. The van der Waals surface area contributed by atoms with Crippen LogP contribution in [-0.4, -0.2) is 36.1 Å². The first-order chi connectivity index (χ1) is 9.64. The lowest BCUT2D eigenvalue weighted by Gasteiger charge is -2.44. The maximum atomic E-state index is 5.23. The van der Waals surface area contributed by atoms with Crippen molar-refractivity contribution in [2.24, 2.45) is 0 Å². The van der Waals surface area contributed by atoms with Crippen molar-refractivity contribution in [1.29, 1.82) is 0 Å². The molecule has 0 amide bonds. The summed E-state index contributed by atoms with van der Waals surface area (Å²) in [5, 5.41) is 3.70. The number of hydrogen-bond donors (Lipinski definition) is 1. The first-order valence-corrected chi connectivity index (χ1v) is 8.14. The smallest absolute Gasteiger partial charge is 0.0935 e. The molecular weight excluding hydrogens is 248 g/mol. The summed E-state index contributed by atoms with van der Waals surface area (Å²) in [5.74, 6) is 0. The third-order valence-corrected chi connectivity index (χ3v) is 4.74. The molecule has 2 heterocycles. The normalized spacial score (nSPS) is 19.8. The number of rotatable bonds is 6. The van der Waals surface area contributed by atoms with Crippen molar-refractivity contribution in [2.45, 2.75) is 64.5 Å². The molecule has 0 spiro atoms. The predicted molar refractivity (Wildman–Crippen MR) is 84.0 cm³/mol. The molecule has 0 radical (unpaired) electrons. The van der Waals surface area contributed by atoms with E-state index in [0.29, 0.717) is 6.04 Å². The van der Waals surface area contributed by atoms with Crippen LogP contribution in [0, 0.1) is 0 Å². The average Bonchev–Trinajstić information content (AvgIpc) is 2.77. The van der Waals surface area contributed by atoms with Crippen LogP contribution in [0.5, 0.6) is 0 Å². The molecule has 1 aromatic rings. The first kappa shape index (κ1) is 15.6. The van der Waals surface area contributed by atoms with E-state index in [1.165, 1.54) is 44.3 Å². The van der Waals surface area contributed by atoms with E-state index < -0.39 is 0 Å². The van der Waals surface area contributed by atoms with Crippen molar-refractivity contribution >= 4 is 0 Å². The molecule has 114 valence electrons. The van der Waals surface area contributed by atoms with Crippen LogP contribution in [0.2, 0.25) is 0 Å². The number of furan rings is 1. The zero-order chi connectivity index (χ0) is 14.4. The number of likely N-dealkylation sites (tertiary alicyclic amines) is 1. The molecule has 20 heavy (non-hydrogen) atoms. The molecule has 1 atom stereocenters. The van der Waals surface area contributed by atoms with Crippen molar-refractivity contribution in [3.63, 3.8) is 0 Å². The molecule has 0 bridgehead atoms. The van der Waals surface area contributed by atoms with Crippen molar-refractivity contribution in [3.8, 4) is 0 Å². The molecule has 0 saturated carbocycles. The highest BCUT2D eigenvalue weighted by atomic mass is 16.3. The zero-order valence-electron chi connectivity index (χ0n) is 13.3. The van der Waals surface area contributed by atoms with Gasteiger partial charge in [0.15, 0.2) is 0 Å². The Morgan fingerprint density at radius 1 is 1.25 bits per heavy atom. The third-order valence-electron chi connectivity index (χ3n) is 4.74. The Morgan fingerprint density at radius 3 is 2.50 bits per heavy atom. The second kappa shape index (κ2) is 7.28. The van der Waals surface area contributed by atoms with E-state index in [9.17, 15) is 0 Å². The third kappa shape index (κ3) is 3.86. The van der Waals surface area contributed by atoms with Gasteiger partial charge in [-0.3, -0.25) is 4.90 Å². The average molecular weight is 278 g/mol. The van der Waals surface area contributed by atoms with Gasteiger partial charge >= 0.3 is 0 Å². The van der Waals surface area contributed by atoms with Crippen molar-refractivity contribution < 1.29 is 4.42 Å².